The zero-order valence-electron chi connectivity index (χ0n) is 8.04. The highest BCUT2D eigenvalue weighted by Gasteiger charge is 1.96. The molecule has 0 heterocycles. The lowest BCUT2D eigenvalue weighted by Gasteiger charge is -2.07. The van der Waals surface area contributed by atoms with E-state index >= 15 is 0 Å². The van der Waals surface area contributed by atoms with Crippen molar-refractivity contribution in [1.82, 2.24) is 5.32 Å². The van der Waals surface area contributed by atoms with Gasteiger partial charge < -0.3 is 5.32 Å². The standard InChI is InChI=1S/C11H14N2/c1-9(2)13-8-11-5-3-4-10(6-11)7-12/h3-6,9,13H,8H2,1-2H3. The molecule has 0 fully saturated rings. The third-order valence-electron chi connectivity index (χ3n) is 1.77. The zero-order valence-corrected chi connectivity index (χ0v) is 8.04. The molecule has 0 saturated carbocycles. The fourth-order valence-electron chi connectivity index (χ4n) is 1.07. The summed E-state index contributed by atoms with van der Waals surface area (Å²) in [5.41, 5.74) is 1.89. The average Bonchev–Trinajstić information content (AvgIpc) is 2.15. The second-order valence-electron chi connectivity index (χ2n) is 3.35. The van der Waals surface area contributed by atoms with Crippen LogP contribution in [0.25, 0.3) is 0 Å². The Morgan fingerprint density at radius 1 is 1.46 bits per heavy atom. The molecule has 0 aromatic heterocycles. The van der Waals surface area contributed by atoms with Gasteiger partial charge in [-0.25, -0.2) is 0 Å². The predicted octanol–water partition coefficient (Wildman–Crippen LogP) is 2.06. The summed E-state index contributed by atoms with van der Waals surface area (Å²) in [6.45, 7) is 5.04. The van der Waals surface area contributed by atoms with Crippen LogP contribution in [-0.4, -0.2) is 6.04 Å². The number of nitrogens with one attached hydrogen (secondary N) is 1. The van der Waals surface area contributed by atoms with Gasteiger partial charge in [0.25, 0.3) is 0 Å². The van der Waals surface area contributed by atoms with Gasteiger partial charge in [0.15, 0.2) is 0 Å². The highest BCUT2D eigenvalue weighted by Crippen LogP contribution is 2.03. The second kappa shape index (κ2) is 4.64. The molecule has 68 valence electrons. The Hall–Kier alpha value is -1.33. The monoisotopic (exact) mass is 174 g/mol. The second-order valence-corrected chi connectivity index (χ2v) is 3.35. The molecule has 13 heavy (non-hydrogen) atoms. The van der Waals surface area contributed by atoms with Crippen LogP contribution >= 0.6 is 0 Å². The van der Waals surface area contributed by atoms with Crippen LogP contribution in [-0.2, 0) is 6.54 Å². The maximum Gasteiger partial charge on any atom is 0.0991 e. The maximum atomic E-state index is 8.67. The van der Waals surface area contributed by atoms with Gasteiger partial charge in [-0.3, -0.25) is 0 Å². The van der Waals surface area contributed by atoms with E-state index in [4.69, 9.17) is 5.26 Å². The van der Waals surface area contributed by atoms with Gasteiger partial charge in [-0.15, -0.1) is 0 Å². The largest absolute Gasteiger partial charge is 0.310 e. The third-order valence-corrected chi connectivity index (χ3v) is 1.77. The van der Waals surface area contributed by atoms with Crippen molar-refractivity contribution in [2.45, 2.75) is 26.4 Å². The summed E-state index contributed by atoms with van der Waals surface area (Å²) in [4.78, 5) is 0. The van der Waals surface area contributed by atoms with Gasteiger partial charge in [0, 0.05) is 12.6 Å². The molecule has 2 nitrogen and oxygen atoms in total. The number of hydrogen-bond donors (Lipinski definition) is 1. The van der Waals surface area contributed by atoms with Gasteiger partial charge in [0.2, 0.25) is 0 Å². The van der Waals surface area contributed by atoms with E-state index in [0.717, 1.165) is 17.7 Å². The van der Waals surface area contributed by atoms with Crippen LogP contribution in [0.2, 0.25) is 0 Å². The first-order chi connectivity index (χ1) is 6.22. The molecule has 2 heteroatoms. The average molecular weight is 174 g/mol. The fraction of sp³-hybridized carbons (Fsp3) is 0.364. The van der Waals surface area contributed by atoms with Gasteiger partial charge in [0.1, 0.15) is 0 Å². The first-order valence-corrected chi connectivity index (χ1v) is 4.45. The summed E-state index contributed by atoms with van der Waals surface area (Å²) in [7, 11) is 0. The van der Waals surface area contributed by atoms with E-state index in [0.29, 0.717) is 6.04 Å². The Morgan fingerprint density at radius 3 is 2.85 bits per heavy atom. The number of hydrogen-bond acceptors (Lipinski definition) is 2. The Balaban J connectivity index is 2.63. The summed E-state index contributed by atoms with van der Waals surface area (Å²) < 4.78 is 0. The first kappa shape index (κ1) is 9.76. The van der Waals surface area contributed by atoms with Gasteiger partial charge in [0.05, 0.1) is 11.6 Å². The normalized spacial score (nSPS) is 10.0. The summed E-state index contributed by atoms with van der Waals surface area (Å²) in [6, 6.07) is 10.3. The molecule has 0 saturated heterocycles. The van der Waals surface area contributed by atoms with Crippen LogP contribution in [0.1, 0.15) is 25.0 Å². The SMILES string of the molecule is CC(C)NCc1cccc(C#N)c1. The van der Waals surface area contributed by atoms with Crippen LogP contribution in [0.5, 0.6) is 0 Å². The smallest absolute Gasteiger partial charge is 0.0991 e. The van der Waals surface area contributed by atoms with Crippen molar-refractivity contribution in [3.05, 3.63) is 35.4 Å². The van der Waals surface area contributed by atoms with E-state index in [1.54, 1.807) is 0 Å². The number of rotatable bonds is 3. The van der Waals surface area contributed by atoms with Gasteiger partial charge >= 0.3 is 0 Å². The molecule has 0 atom stereocenters. The molecular formula is C11H14N2. The highest BCUT2D eigenvalue weighted by molar-refractivity contribution is 5.32. The van der Waals surface area contributed by atoms with E-state index in [9.17, 15) is 0 Å². The molecule has 0 amide bonds. The molecule has 1 aromatic rings. The van der Waals surface area contributed by atoms with Crippen molar-refractivity contribution in [1.29, 1.82) is 5.26 Å². The molecule has 1 aromatic carbocycles. The van der Waals surface area contributed by atoms with Crippen molar-refractivity contribution in [2.75, 3.05) is 0 Å². The topological polar surface area (TPSA) is 35.8 Å². The van der Waals surface area contributed by atoms with E-state index in [-0.39, 0.29) is 0 Å². The van der Waals surface area contributed by atoms with Crippen LogP contribution < -0.4 is 5.32 Å². The number of benzene rings is 1. The molecule has 0 aliphatic rings. The predicted molar refractivity (Wildman–Crippen MR) is 53.1 cm³/mol. The van der Waals surface area contributed by atoms with Gasteiger partial charge in [-0.1, -0.05) is 26.0 Å². The minimum absolute atomic E-state index is 0.478. The number of nitrogens with zero attached hydrogens (tertiary/aromatic N) is 1. The highest BCUT2D eigenvalue weighted by atomic mass is 14.9. The van der Waals surface area contributed by atoms with E-state index in [1.165, 1.54) is 0 Å². The molecule has 0 unspecified atom stereocenters. The van der Waals surface area contributed by atoms with E-state index in [1.807, 2.05) is 24.3 Å². The molecular weight excluding hydrogens is 160 g/mol. The molecule has 1 rings (SSSR count). The lowest BCUT2D eigenvalue weighted by molar-refractivity contribution is 0.589. The molecule has 0 aliphatic heterocycles. The van der Waals surface area contributed by atoms with Crippen LogP contribution in [0, 0.1) is 11.3 Å². The first-order valence-electron chi connectivity index (χ1n) is 4.45. The van der Waals surface area contributed by atoms with E-state index < -0.39 is 0 Å². The Bertz CT molecular complexity index is 310. The van der Waals surface area contributed by atoms with Crippen molar-refractivity contribution in [3.8, 4) is 6.07 Å². The maximum absolute atomic E-state index is 8.67. The molecule has 0 aliphatic carbocycles. The molecule has 0 bridgehead atoms. The number of nitriles is 1. The van der Waals surface area contributed by atoms with Crippen LogP contribution in [0.3, 0.4) is 0 Å². The minimum Gasteiger partial charge on any atom is -0.310 e. The lowest BCUT2D eigenvalue weighted by atomic mass is 10.1. The van der Waals surface area contributed by atoms with Crippen molar-refractivity contribution in [3.63, 3.8) is 0 Å². The zero-order chi connectivity index (χ0) is 9.68. The fourth-order valence-corrected chi connectivity index (χ4v) is 1.07. The van der Waals surface area contributed by atoms with Crippen molar-refractivity contribution < 1.29 is 0 Å². The Morgan fingerprint density at radius 2 is 2.23 bits per heavy atom. The molecule has 0 radical (unpaired) electrons. The minimum atomic E-state index is 0.478. The van der Waals surface area contributed by atoms with Gasteiger partial charge in [-0.05, 0) is 17.7 Å². The molecule has 1 N–H and O–H groups in total. The van der Waals surface area contributed by atoms with Crippen molar-refractivity contribution in [2.24, 2.45) is 0 Å². The van der Waals surface area contributed by atoms with Crippen LogP contribution in [0.4, 0.5) is 0 Å². The third kappa shape index (κ3) is 3.27. The molecule has 0 spiro atoms. The Labute approximate surface area is 79.2 Å². The summed E-state index contributed by atoms with van der Waals surface area (Å²) >= 11 is 0. The van der Waals surface area contributed by atoms with Gasteiger partial charge in [-0.2, -0.15) is 5.26 Å². The summed E-state index contributed by atoms with van der Waals surface area (Å²) in [5, 5.41) is 12.0. The lowest BCUT2D eigenvalue weighted by Crippen LogP contribution is -2.21. The van der Waals surface area contributed by atoms with Crippen molar-refractivity contribution >= 4 is 0 Å². The van der Waals surface area contributed by atoms with Crippen LogP contribution in [0.15, 0.2) is 24.3 Å². The van der Waals surface area contributed by atoms with E-state index in [2.05, 4.69) is 25.2 Å². The summed E-state index contributed by atoms with van der Waals surface area (Å²) in [6.07, 6.45) is 0. The Kier molecular flexibility index (Phi) is 3.48. The quantitative estimate of drug-likeness (QED) is 0.761. The summed E-state index contributed by atoms with van der Waals surface area (Å²) in [5.74, 6) is 0.